The maximum absolute atomic E-state index is 15.9. The molecule has 1 aromatic carbocycles. The number of carbonyl (C=O) groups is 1. The first-order valence-corrected chi connectivity index (χ1v) is 7.85. The molecule has 2 N–H and O–H groups in total. The molecule has 1 unspecified atom stereocenters. The average molecular weight is 370 g/mol. The monoisotopic (exact) mass is 370 g/mol. The van der Waals surface area contributed by atoms with Crippen LogP contribution in [0.1, 0.15) is 45.8 Å². The van der Waals surface area contributed by atoms with Crippen molar-refractivity contribution in [2.45, 2.75) is 31.8 Å². The van der Waals surface area contributed by atoms with E-state index in [2.05, 4.69) is 0 Å². The first kappa shape index (κ1) is 10.6. The molecule has 8 heteroatoms. The van der Waals surface area contributed by atoms with Gasteiger partial charge in [0, 0.05) is 41.9 Å². The van der Waals surface area contributed by atoms with E-state index in [0.717, 1.165) is 17.7 Å². The highest BCUT2D eigenvalue weighted by atomic mass is 19.1. The largest absolute Gasteiger partial charge is 0.477 e. The van der Waals surface area contributed by atoms with Gasteiger partial charge in [0.2, 0.25) is 5.43 Å². The first-order valence-electron chi connectivity index (χ1n) is 11.4. The van der Waals surface area contributed by atoms with Crippen molar-refractivity contribution >= 4 is 22.6 Å². The molecule has 6 nitrogen and oxygen atoms in total. The number of piperazine rings is 1. The summed E-state index contributed by atoms with van der Waals surface area (Å²) in [6.07, 6.45) is 1.92. The summed E-state index contributed by atoms with van der Waals surface area (Å²) in [7, 11) is 0. The van der Waals surface area contributed by atoms with Crippen molar-refractivity contribution in [2.75, 3.05) is 24.4 Å². The van der Waals surface area contributed by atoms with Gasteiger partial charge in [-0.25, -0.2) is 13.6 Å². The lowest BCUT2D eigenvalue weighted by Gasteiger charge is -2.34. The Hall–Kier alpha value is -2.48. The van der Waals surface area contributed by atoms with Crippen molar-refractivity contribution in [1.29, 1.82) is 0 Å². The van der Waals surface area contributed by atoms with Crippen LogP contribution >= 0.6 is 0 Å². The fraction of sp³-hybridized carbons (Fsp3) is 0.444. The normalized spacial score (nSPS) is 33.2. The van der Waals surface area contributed by atoms with E-state index in [1.54, 1.807) is 0 Å². The van der Waals surface area contributed by atoms with Gasteiger partial charge in [0.05, 0.1) is 16.4 Å². The van der Waals surface area contributed by atoms with Crippen LogP contribution in [0.25, 0.3) is 10.9 Å². The smallest absolute Gasteiger partial charge is 0.341 e. The highest BCUT2D eigenvalue weighted by Crippen LogP contribution is 2.39. The van der Waals surface area contributed by atoms with Crippen molar-refractivity contribution in [3.63, 3.8) is 0 Å². The number of hydrogen-bond acceptors (Lipinski definition) is 4. The summed E-state index contributed by atoms with van der Waals surface area (Å²) in [5.41, 5.74) is -3.76. The Labute approximate surface area is 157 Å². The van der Waals surface area contributed by atoms with E-state index in [9.17, 15) is 14.7 Å². The van der Waals surface area contributed by atoms with Crippen molar-refractivity contribution < 1.29 is 28.3 Å². The van der Waals surface area contributed by atoms with Crippen LogP contribution in [0, 0.1) is 11.6 Å². The van der Waals surface area contributed by atoms with Gasteiger partial charge in [-0.2, -0.15) is 0 Å². The summed E-state index contributed by atoms with van der Waals surface area (Å²) in [5.74, 6) is -4.77. The molecular formula is C18H19F2N3O3. The van der Waals surface area contributed by atoms with E-state index in [1.165, 1.54) is 0 Å². The van der Waals surface area contributed by atoms with E-state index >= 15 is 8.78 Å². The van der Waals surface area contributed by atoms with Crippen LogP contribution in [0.4, 0.5) is 14.5 Å². The molecule has 1 atom stereocenters. The number of rotatable bonds is 3. The predicted octanol–water partition coefficient (Wildman–Crippen LogP) is 2.11. The number of carboxylic acids is 1. The zero-order valence-corrected chi connectivity index (χ0v) is 13.6. The second-order valence-electron chi connectivity index (χ2n) is 6.17. The van der Waals surface area contributed by atoms with Crippen LogP contribution in [0.3, 0.4) is 0 Å². The lowest BCUT2D eigenvalue weighted by Crippen LogP contribution is -2.49. The summed E-state index contributed by atoms with van der Waals surface area (Å²) < 4.78 is 89.4. The van der Waals surface area contributed by atoms with Crippen molar-refractivity contribution in [2.24, 2.45) is 0 Å². The van der Waals surface area contributed by atoms with Gasteiger partial charge in [0.25, 0.3) is 0 Å². The Morgan fingerprint density at radius 2 is 2.19 bits per heavy atom. The zero-order valence-electron chi connectivity index (χ0n) is 20.6. The highest BCUT2D eigenvalue weighted by molar-refractivity contribution is 5.94. The van der Waals surface area contributed by atoms with Crippen LogP contribution < -0.4 is 15.6 Å². The van der Waals surface area contributed by atoms with E-state index in [4.69, 9.17) is 9.60 Å². The minimum atomic E-state index is -3.39. The third-order valence-electron chi connectivity index (χ3n) is 4.28. The maximum atomic E-state index is 15.9. The summed E-state index contributed by atoms with van der Waals surface area (Å²) in [6, 6.07) is -2.48. The molecule has 0 radical (unpaired) electrons. The fourth-order valence-electron chi connectivity index (χ4n) is 2.94. The van der Waals surface area contributed by atoms with Gasteiger partial charge in [-0.3, -0.25) is 4.79 Å². The Balaban J connectivity index is 2.12. The van der Waals surface area contributed by atoms with Crippen LogP contribution in [0.5, 0.6) is 0 Å². The van der Waals surface area contributed by atoms with E-state index in [0.29, 0.717) is 18.9 Å². The second kappa shape index (κ2) is 6.05. The Morgan fingerprint density at radius 3 is 2.85 bits per heavy atom. The number of hydrogen-bond donors (Lipinski definition) is 2. The van der Waals surface area contributed by atoms with E-state index in [1.807, 2.05) is 5.32 Å². The minimum absolute atomic E-state index is 0.0968. The molecule has 0 spiro atoms. The third-order valence-corrected chi connectivity index (χ3v) is 4.28. The van der Waals surface area contributed by atoms with Crippen molar-refractivity contribution in [1.82, 2.24) is 9.88 Å². The standard InChI is InChI=1S/C18H19F2N3O3/c1-9-7-22(5-4-21-9)16-13(19)6-11-15(14(16)20)23(10-2-3-10)8-12(17(11)24)18(25)26/h6,8-10,21H,2-5,7H2,1H3,(H,25,26)/i4D2,5D2,7D2,9D. The summed E-state index contributed by atoms with van der Waals surface area (Å²) in [4.78, 5) is 24.0. The van der Waals surface area contributed by atoms with Crippen LogP contribution in [-0.4, -0.2) is 41.2 Å². The number of anilines is 1. The number of fused-ring (bicyclic) bond motifs is 1. The highest BCUT2D eigenvalue weighted by Gasteiger charge is 2.31. The number of carboxylic acid groups (broad SMARTS) is 1. The van der Waals surface area contributed by atoms with Crippen molar-refractivity contribution in [3.8, 4) is 0 Å². The minimum Gasteiger partial charge on any atom is -0.477 e. The summed E-state index contributed by atoms with van der Waals surface area (Å²) >= 11 is 0. The Kier molecular flexibility index (Phi) is 2.47. The van der Waals surface area contributed by atoms with Crippen molar-refractivity contribution in [3.05, 3.63) is 39.7 Å². The second-order valence-corrected chi connectivity index (χ2v) is 6.17. The predicted molar refractivity (Wildman–Crippen MR) is 93.0 cm³/mol. The summed E-state index contributed by atoms with van der Waals surface area (Å²) in [6.45, 7) is -8.79. The van der Waals surface area contributed by atoms with Gasteiger partial charge in [-0.15, -0.1) is 0 Å². The molecule has 1 aromatic heterocycles. The molecule has 1 aliphatic carbocycles. The Morgan fingerprint density at radius 1 is 1.46 bits per heavy atom. The summed E-state index contributed by atoms with van der Waals surface area (Å²) in [5, 5.41) is 10.6. The van der Waals surface area contributed by atoms with Gasteiger partial charge in [-0.05, 0) is 25.8 Å². The van der Waals surface area contributed by atoms with Gasteiger partial charge < -0.3 is 19.9 Å². The Bertz CT molecular complexity index is 1240. The molecule has 1 aliphatic heterocycles. The SMILES string of the molecule is [2H]C1([2H])NC([2H])(C)C([2H])([2H])N(c2c(F)cc3c(=O)c(C(=O)O)cn(C4CC4)c3c2F)C1([2H])[2H]. The molecule has 2 fully saturated rings. The maximum Gasteiger partial charge on any atom is 0.341 e. The zero-order chi connectivity index (χ0) is 24.9. The molecular weight excluding hydrogens is 344 g/mol. The number of nitrogens with zero attached hydrogens (tertiary/aromatic N) is 2. The first-order chi connectivity index (χ1) is 15.0. The molecule has 0 amide bonds. The number of aromatic nitrogens is 1. The lowest BCUT2D eigenvalue weighted by atomic mass is 10.1. The molecule has 26 heavy (non-hydrogen) atoms. The molecule has 2 aliphatic rings. The molecule has 2 heterocycles. The number of halogens is 2. The number of aromatic carboxylic acids is 1. The topological polar surface area (TPSA) is 74.6 Å². The molecule has 1 saturated carbocycles. The van der Waals surface area contributed by atoms with Crippen LogP contribution in [-0.2, 0) is 0 Å². The molecule has 0 bridgehead atoms. The van der Waals surface area contributed by atoms with Gasteiger partial charge in [0.15, 0.2) is 5.82 Å². The number of pyridine rings is 1. The number of benzene rings is 1. The molecule has 1 saturated heterocycles. The third kappa shape index (κ3) is 2.65. The quantitative estimate of drug-likeness (QED) is 0.866. The molecule has 4 rings (SSSR count). The van der Waals surface area contributed by atoms with Crippen LogP contribution in [0.15, 0.2) is 17.1 Å². The molecule has 2 aromatic rings. The van der Waals surface area contributed by atoms with Gasteiger partial charge in [0.1, 0.15) is 17.1 Å². The fourth-order valence-corrected chi connectivity index (χ4v) is 2.94. The van der Waals surface area contributed by atoms with E-state index < -0.39 is 76.7 Å². The average Bonchev–Trinajstić information content (AvgIpc) is 3.48. The molecule has 138 valence electrons. The van der Waals surface area contributed by atoms with E-state index in [-0.39, 0.29) is 4.90 Å². The van der Waals surface area contributed by atoms with Crippen LogP contribution in [0.2, 0.25) is 0 Å². The number of nitrogens with one attached hydrogen (secondary N) is 1. The van der Waals surface area contributed by atoms with Gasteiger partial charge in [-0.1, -0.05) is 0 Å². The lowest BCUT2D eigenvalue weighted by molar-refractivity contribution is 0.0695. The van der Waals surface area contributed by atoms with Gasteiger partial charge >= 0.3 is 5.97 Å².